The normalized spacial score (nSPS) is 10.2. The van der Waals surface area contributed by atoms with Gasteiger partial charge in [-0.1, -0.05) is 43.2 Å². The minimum atomic E-state index is -0.253. The van der Waals surface area contributed by atoms with Gasteiger partial charge in [-0.15, -0.1) is 0 Å². The second-order valence-corrected chi connectivity index (χ2v) is 5.71. The van der Waals surface area contributed by atoms with Crippen LogP contribution in [0.2, 0.25) is 0 Å². The highest BCUT2D eigenvalue weighted by molar-refractivity contribution is 5.98. The standard InChI is InChI=1S/C19H23N3O2/c1-3-4-9-21-19(24)17-12-16(8-10-20-17)18(23)22-13-15-7-5-6-14(2)11-15/h5-8,10-12H,3-4,9,13H2,1-2H3,(H,21,24)(H,22,23). The molecule has 0 aliphatic heterocycles. The highest BCUT2D eigenvalue weighted by atomic mass is 16.2. The van der Waals surface area contributed by atoms with Crippen LogP contribution in [0.1, 0.15) is 51.7 Å². The maximum Gasteiger partial charge on any atom is 0.269 e. The van der Waals surface area contributed by atoms with Gasteiger partial charge >= 0.3 is 0 Å². The Morgan fingerprint density at radius 2 is 1.92 bits per heavy atom. The van der Waals surface area contributed by atoms with Gasteiger partial charge in [0.05, 0.1) is 0 Å². The molecule has 1 aromatic carbocycles. The smallest absolute Gasteiger partial charge is 0.269 e. The molecule has 0 bridgehead atoms. The lowest BCUT2D eigenvalue weighted by Gasteiger charge is -2.08. The largest absolute Gasteiger partial charge is 0.351 e. The van der Waals surface area contributed by atoms with Gasteiger partial charge in [-0.05, 0) is 31.0 Å². The number of aromatic nitrogens is 1. The molecular formula is C19H23N3O2. The van der Waals surface area contributed by atoms with Crippen LogP contribution in [0.3, 0.4) is 0 Å². The van der Waals surface area contributed by atoms with Crippen molar-refractivity contribution < 1.29 is 9.59 Å². The molecule has 2 aromatic rings. The predicted molar refractivity (Wildman–Crippen MR) is 93.8 cm³/mol. The van der Waals surface area contributed by atoms with Gasteiger partial charge in [-0.2, -0.15) is 0 Å². The van der Waals surface area contributed by atoms with E-state index in [9.17, 15) is 9.59 Å². The molecule has 0 atom stereocenters. The zero-order valence-electron chi connectivity index (χ0n) is 14.1. The Bertz CT molecular complexity index is 713. The van der Waals surface area contributed by atoms with Gasteiger partial charge in [0.15, 0.2) is 0 Å². The molecule has 2 amide bonds. The summed E-state index contributed by atoms with van der Waals surface area (Å²) >= 11 is 0. The van der Waals surface area contributed by atoms with Crippen molar-refractivity contribution in [2.45, 2.75) is 33.2 Å². The first kappa shape index (κ1) is 17.7. The lowest BCUT2D eigenvalue weighted by atomic mass is 10.1. The van der Waals surface area contributed by atoms with Crippen LogP contribution in [0.4, 0.5) is 0 Å². The van der Waals surface area contributed by atoms with E-state index in [1.165, 1.54) is 12.3 Å². The molecule has 1 heterocycles. The van der Waals surface area contributed by atoms with Crippen molar-refractivity contribution in [1.82, 2.24) is 15.6 Å². The third-order valence-corrected chi connectivity index (χ3v) is 3.61. The number of aryl methyl sites for hydroxylation is 1. The molecule has 2 N–H and O–H groups in total. The highest BCUT2D eigenvalue weighted by Gasteiger charge is 2.11. The monoisotopic (exact) mass is 325 g/mol. The molecule has 0 aliphatic rings. The first-order valence-corrected chi connectivity index (χ1v) is 8.18. The summed E-state index contributed by atoms with van der Waals surface area (Å²) in [5.74, 6) is -0.474. The summed E-state index contributed by atoms with van der Waals surface area (Å²) in [6.07, 6.45) is 3.41. The molecule has 5 heteroatoms. The minimum absolute atomic E-state index is 0.221. The average Bonchev–Trinajstić information content (AvgIpc) is 2.60. The number of nitrogens with zero attached hydrogens (tertiary/aromatic N) is 1. The number of hydrogen-bond acceptors (Lipinski definition) is 3. The van der Waals surface area contributed by atoms with Crippen LogP contribution < -0.4 is 10.6 Å². The fourth-order valence-electron chi connectivity index (χ4n) is 2.27. The van der Waals surface area contributed by atoms with Crippen LogP contribution in [0, 0.1) is 6.92 Å². The van der Waals surface area contributed by atoms with Crippen molar-refractivity contribution in [1.29, 1.82) is 0 Å². The second kappa shape index (κ2) is 8.82. The van der Waals surface area contributed by atoms with Crippen LogP contribution >= 0.6 is 0 Å². The molecular weight excluding hydrogens is 302 g/mol. The van der Waals surface area contributed by atoms with Gasteiger partial charge in [-0.3, -0.25) is 14.6 Å². The first-order chi connectivity index (χ1) is 11.6. The van der Waals surface area contributed by atoms with Crippen LogP contribution in [-0.4, -0.2) is 23.3 Å². The van der Waals surface area contributed by atoms with Crippen molar-refractivity contribution in [3.05, 3.63) is 65.0 Å². The van der Waals surface area contributed by atoms with Crippen molar-refractivity contribution in [3.63, 3.8) is 0 Å². The maximum absolute atomic E-state index is 12.3. The maximum atomic E-state index is 12.3. The van der Waals surface area contributed by atoms with Crippen LogP contribution in [0.25, 0.3) is 0 Å². The van der Waals surface area contributed by atoms with Crippen molar-refractivity contribution in [2.24, 2.45) is 0 Å². The molecule has 24 heavy (non-hydrogen) atoms. The summed E-state index contributed by atoms with van der Waals surface area (Å²) < 4.78 is 0. The number of benzene rings is 1. The topological polar surface area (TPSA) is 71.1 Å². The fraction of sp³-hybridized carbons (Fsp3) is 0.316. The summed E-state index contributed by atoms with van der Waals surface area (Å²) in [6, 6.07) is 11.1. The Balaban J connectivity index is 1.97. The van der Waals surface area contributed by atoms with Gasteiger partial charge in [0.1, 0.15) is 5.69 Å². The quantitative estimate of drug-likeness (QED) is 0.769. The molecule has 0 spiro atoms. The molecule has 1 aromatic heterocycles. The zero-order valence-corrected chi connectivity index (χ0v) is 14.1. The van der Waals surface area contributed by atoms with Crippen molar-refractivity contribution in [3.8, 4) is 0 Å². The van der Waals surface area contributed by atoms with E-state index >= 15 is 0 Å². The Morgan fingerprint density at radius 1 is 1.08 bits per heavy atom. The Kier molecular flexibility index (Phi) is 6.49. The molecule has 0 saturated carbocycles. The fourth-order valence-corrected chi connectivity index (χ4v) is 2.27. The van der Waals surface area contributed by atoms with Gasteiger partial charge in [0, 0.05) is 24.8 Å². The minimum Gasteiger partial charge on any atom is -0.351 e. The number of carbonyl (C=O) groups excluding carboxylic acids is 2. The SMILES string of the molecule is CCCCNC(=O)c1cc(C(=O)NCc2cccc(C)c2)ccn1. The van der Waals surface area contributed by atoms with Crippen LogP contribution in [0.15, 0.2) is 42.6 Å². The van der Waals surface area contributed by atoms with Crippen LogP contribution in [-0.2, 0) is 6.54 Å². The molecule has 5 nitrogen and oxygen atoms in total. The number of nitrogens with one attached hydrogen (secondary N) is 2. The lowest BCUT2D eigenvalue weighted by Crippen LogP contribution is -2.27. The predicted octanol–water partition coefficient (Wildman–Crippen LogP) is 2.85. The molecule has 0 aliphatic carbocycles. The molecule has 0 radical (unpaired) electrons. The second-order valence-electron chi connectivity index (χ2n) is 5.71. The third-order valence-electron chi connectivity index (χ3n) is 3.61. The van der Waals surface area contributed by atoms with E-state index in [-0.39, 0.29) is 17.5 Å². The van der Waals surface area contributed by atoms with Gasteiger partial charge in [0.25, 0.3) is 11.8 Å². The third kappa shape index (κ3) is 5.19. The Morgan fingerprint density at radius 3 is 2.67 bits per heavy atom. The number of hydrogen-bond donors (Lipinski definition) is 2. The van der Waals surface area contributed by atoms with E-state index in [1.54, 1.807) is 6.07 Å². The van der Waals surface area contributed by atoms with Crippen molar-refractivity contribution >= 4 is 11.8 Å². The van der Waals surface area contributed by atoms with E-state index in [0.717, 1.165) is 24.0 Å². The summed E-state index contributed by atoms with van der Waals surface area (Å²) in [5.41, 5.74) is 2.87. The Hall–Kier alpha value is -2.69. The van der Waals surface area contributed by atoms with E-state index in [1.807, 2.05) is 31.2 Å². The van der Waals surface area contributed by atoms with E-state index < -0.39 is 0 Å². The summed E-state index contributed by atoms with van der Waals surface area (Å²) in [4.78, 5) is 28.3. The van der Waals surface area contributed by atoms with Gasteiger partial charge in [0.2, 0.25) is 0 Å². The first-order valence-electron chi connectivity index (χ1n) is 8.18. The number of pyridine rings is 1. The average molecular weight is 325 g/mol. The molecule has 2 rings (SSSR count). The summed E-state index contributed by atoms with van der Waals surface area (Å²) in [6.45, 7) is 5.13. The number of unbranched alkanes of at least 4 members (excludes halogenated alkanes) is 1. The van der Waals surface area contributed by atoms with E-state index in [0.29, 0.717) is 18.7 Å². The van der Waals surface area contributed by atoms with Gasteiger partial charge < -0.3 is 10.6 Å². The lowest BCUT2D eigenvalue weighted by molar-refractivity contribution is 0.0948. The summed E-state index contributed by atoms with van der Waals surface area (Å²) in [5, 5.41) is 5.66. The number of amides is 2. The summed E-state index contributed by atoms with van der Waals surface area (Å²) in [7, 11) is 0. The van der Waals surface area contributed by atoms with Crippen molar-refractivity contribution in [2.75, 3.05) is 6.54 Å². The molecule has 126 valence electrons. The van der Waals surface area contributed by atoms with E-state index in [4.69, 9.17) is 0 Å². The number of rotatable bonds is 7. The van der Waals surface area contributed by atoms with Gasteiger partial charge in [-0.25, -0.2) is 0 Å². The molecule has 0 saturated heterocycles. The van der Waals surface area contributed by atoms with Crippen LogP contribution in [0.5, 0.6) is 0 Å². The number of carbonyl (C=O) groups is 2. The highest BCUT2D eigenvalue weighted by Crippen LogP contribution is 2.06. The zero-order chi connectivity index (χ0) is 17.4. The van der Waals surface area contributed by atoms with E-state index in [2.05, 4.69) is 22.5 Å². The molecule has 0 fully saturated rings. The Labute approximate surface area is 142 Å². The molecule has 0 unspecified atom stereocenters.